The molecule has 1 aliphatic rings. The van der Waals surface area contributed by atoms with Crippen LogP contribution in [-0.2, 0) is 9.53 Å². The summed E-state index contributed by atoms with van der Waals surface area (Å²) in [5.41, 5.74) is -1.38. The minimum absolute atomic E-state index is 0.174. The van der Waals surface area contributed by atoms with Gasteiger partial charge < -0.3 is 9.84 Å². The zero-order valence-corrected chi connectivity index (χ0v) is 7.30. The second-order valence-electron chi connectivity index (χ2n) is 3.32. The molecule has 0 saturated carbocycles. The van der Waals surface area contributed by atoms with Gasteiger partial charge in [-0.1, -0.05) is 0 Å². The van der Waals surface area contributed by atoms with Crippen molar-refractivity contribution in [3.63, 3.8) is 0 Å². The molecule has 1 saturated heterocycles. The Morgan fingerprint density at radius 3 is 2.69 bits per heavy atom. The molecule has 2 atom stereocenters. The average molecular weight is 194 g/mol. The minimum atomic E-state index is -2.60. The van der Waals surface area contributed by atoms with Crippen molar-refractivity contribution in [1.82, 2.24) is 0 Å². The minimum Gasteiger partial charge on any atom is -0.481 e. The number of carbonyl (C=O) groups is 1. The van der Waals surface area contributed by atoms with Gasteiger partial charge in [0.15, 0.2) is 0 Å². The van der Waals surface area contributed by atoms with Crippen LogP contribution in [0.2, 0.25) is 0 Å². The van der Waals surface area contributed by atoms with Gasteiger partial charge in [0.2, 0.25) is 6.43 Å². The first-order valence-corrected chi connectivity index (χ1v) is 4.12. The number of alkyl halides is 2. The molecule has 0 aliphatic carbocycles. The molecule has 1 N–H and O–H groups in total. The number of carboxylic acid groups (broad SMARTS) is 1. The van der Waals surface area contributed by atoms with E-state index in [0.717, 1.165) is 0 Å². The number of hydrogen-bond acceptors (Lipinski definition) is 2. The van der Waals surface area contributed by atoms with Crippen LogP contribution in [0.1, 0.15) is 19.8 Å². The number of rotatable bonds is 3. The van der Waals surface area contributed by atoms with Crippen molar-refractivity contribution in [2.24, 2.45) is 5.41 Å². The lowest BCUT2D eigenvalue weighted by Crippen LogP contribution is -2.39. The second-order valence-corrected chi connectivity index (χ2v) is 3.32. The lowest BCUT2D eigenvalue weighted by atomic mass is 9.79. The van der Waals surface area contributed by atoms with E-state index in [0.29, 0.717) is 0 Å². The van der Waals surface area contributed by atoms with Gasteiger partial charge in [-0.05, 0) is 13.3 Å². The zero-order valence-electron chi connectivity index (χ0n) is 7.30. The van der Waals surface area contributed by atoms with Crippen molar-refractivity contribution < 1.29 is 23.4 Å². The molecule has 13 heavy (non-hydrogen) atoms. The van der Waals surface area contributed by atoms with Gasteiger partial charge in [-0.3, -0.25) is 4.79 Å². The van der Waals surface area contributed by atoms with Crippen LogP contribution in [0.25, 0.3) is 0 Å². The van der Waals surface area contributed by atoms with Crippen LogP contribution in [0.4, 0.5) is 8.78 Å². The van der Waals surface area contributed by atoms with Crippen molar-refractivity contribution in [2.45, 2.75) is 32.3 Å². The van der Waals surface area contributed by atoms with E-state index in [4.69, 9.17) is 9.84 Å². The van der Waals surface area contributed by atoms with Gasteiger partial charge in [0.1, 0.15) is 5.41 Å². The molecule has 0 aromatic carbocycles. The molecule has 5 heteroatoms. The van der Waals surface area contributed by atoms with Crippen molar-refractivity contribution in [3.05, 3.63) is 0 Å². The van der Waals surface area contributed by atoms with Crippen LogP contribution in [0.5, 0.6) is 0 Å². The second kappa shape index (κ2) is 3.57. The Morgan fingerprint density at radius 2 is 2.38 bits per heavy atom. The molecule has 1 aliphatic heterocycles. The molecule has 76 valence electrons. The van der Waals surface area contributed by atoms with Gasteiger partial charge in [0.05, 0.1) is 6.10 Å². The maximum Gasteiger partial charge on any atom is 0.312 e. The van der Waals surface area contributed by atoms with Crippen molar-refractivity contribution >= 4 is 5.97 Å². The maximum absolute atomic E-state index is 12.1. The van der Waals surface area contributed by atoms with E-state index in [1.54, 1.807) is 0 Å². The van der Waals surface area contributed by atoms with E-state index in [2.05, 4.69) is 0 Å². The quantitative estimate of drug-likeness (QED) is 0.740. The van der Waals surface area contributed by atoms with Crippen LogP contribution >= 0.6 is 0 Å². The molecule has 0 bridgehead atoms. The third-order valence-corrected chi connectivity index (χ3v) is 2.64. The van der Waals surface area contributed by atoms with E-state index in [1.165, 1.54) is 6.92 Å². The number of ether oxygens (including phenoxy) is 1. The van der Waals surface area contributed by atoms with Crippen LogP contribution < -0.4 is 0 Å². The lowest BCUT2D eigenvalue weighted by Gasteiger charge is -2.26. The molecular weight excluding hydrogens is 182 g/mol. The summed E-state index contributed by atoms with van der Waals surface area (Å²) >= 11 is 0. The molecule has 1 rings (SSSR count). The Labute approximate surface area is 74.7 Å². The first-order chi connectivity index (χ1) is 5.99. The molecule has 0 radical (unpaired) electrons. The predicted molar refractivity (Wildman–Crippen MR) is 40.7 cm³/mol. The largest absolute Gasteiger partial charge is 0.481 e. The number of carboxylic acids is 1. The normalized spacial score (nSPS) is 34.0. The molecular formula is C8H12F2O3. The van der Waals surface area contributed by atoms with Gasteiger partial charge in [-0.2, -0.15) is 0 Å². The topological polar surface area (TPSA) is 46.5 Å². The number of aliphatic carboxylic acids is 1. The first-order valence-electron chi connectivity index (χ1n) is 4.12. The standard InChI is InChI=1S/C8H12F2O3/c1-5-8(7(11)12,2-3-13-5)4-6(9)10/h5-6H,2-4H2,1H3,(H,11,12). The third kappa shape index (κ3) is 1.80. The summed E-state index contributed by atoms with van der Waals surface area (Å²) in [6, 6.07) is 0. The molecule has 0 aromatic heterocycles. The van der Waals surface area contributed by atoms with Crippen molar-refractivity contribution in [1.29, 1.82) is 0 Å². The summed E-state index contributed by atoms with van der Waals surface area (Å²) in [6.45, 7) is 1.78. The molecule has 3 nitrogen and oxygen atoms in total. The van der Waals surface area contributed by atoms with Gasteiger partial charge >= 0.3 is 5.97 Å². The molecule has 0 aromatic rings. The van der Waals surface area contributed by atoms with Crippen LogP contribution in [0, 0.1) is 5.41 Å². The SMILES string of the molecule is CC1OCCC1(CC(F)F)C(=O)O. The van der Waals surface area contributed by atoms with Gasteiger partial charge in [-0.15, -0.1) is 0 Å². The van der Waals surface area contributed by atoms with Crippen LogP contribution in [0.15, 0.2) is 0 Å². The van der Waals surface area contributed by atoms with E-state index in [1.807, 2.05) is 0 Å². The van der Waals surface area contributed by atoms with Gasteiger partial charge in [-0.25, -0.2) is 8.78 Å². The summed E-state index contributed by atoms with van der Waals surface area (Å²) in [4.78, 5) is 10.9. The van der Waals surface area contributed by atoms with Crippen LogP contribution in [-0.4, -0.2) is 30.2 Å². The Morgan fingerprint density at radius 1 is 1.77 bits per heavy atom. The highest BCUT2D eigenvalue weighted by Crippen LogP contribution is 2.40. The Kier molecular flexibility index (Phi) is 2.85. The zero-order chi connectivity index (χ0) is 10.1. The van der Waals surface area contributed by atoms with E-state index in [-0.39, 0.29) is 13.0 Å². The fourth-order valence-corrected chi connectivity index (χ4v) is 1.69. The smallest absolute Gasteiger partial charge is 0.312 e. The van der Waals surface area contributed by atoms with E-state index < -0.39 is 30.3 Å². The summed E-state index contributed by atoms with van der Waals surface area (Å²) < 4.78 is 29.3. The average Bonchev–Trinajstić information content (AvgIpc) is 2.32. The number of hydrogen-bond donors (Lipinski definition) is 1. The third-order valence-electron chi connectivity index (χ3n) is 2.64. The summed E-state index contributed by atoms with van der Waals surface area (Å²) in [7, 11) is 0. The Bertz CT molecular complexity index is 208. The lowest BCUT2D eigenvalue weighted by molar-refractivity contribution is -0.155. The summed E-state index contributed by atoms with van der Waals surface area (Å²) in [5.74, 6) is -1.18. The Hall–Kier alpha value is -0.710. The first kappa shape index (κ1) is 10.4. The van der Waals surface area contributed by atoms with Gasteiger partial charge in [0.25, 0.3) is 0 Å². The molecule has 2 unspecified atom stereocenters. The number of halogens is 2. The van der Waals surface area contributed by atoms with Crippen molar-refractivity contribution in [3.8, 4) is 0 Å². The fraction of sp³-hybridized carbons (Fsp3) is 0.875. The highest BCUT2D eigenvalue weighted by molar-refractivity contribution is 5.75. The fourth-order valence-electron chi connectivity index (χ4n) is 1.69. The monoisotopic (exact) mass is 194 g/mol. The summed E-state index contributed by atoms with van der Waals surface area (Å²) in [5, 5.41) is 8.87. The highest BCUT2D eigenvalue weighted by atomic mass is 19.3. The predicted octanol–water partition coefficient (Wildman–Crippen LogP) is 1.52. The van der Waals surface area contributed by atoms with E-state index >= 15 is 0 Å². The summed E-state index contributed by atoms with van der Waals surface area (Å²) in [6.07, 6.45) is -3.67. The van der Waals surface area contributed by atoms with Crippen molar-refractivity contribution in [2.75, 3.05) is 6.61 Å². The molecule has 0 amide bonds. The molecule has 1 heterocycles. The van der Waals surface area contributed by atoms with Crippen LogP contribution in [0.3, 0.4) is 0 Å². The maximum atomic E-state index is 12.1. The van der Waals surface area contributed by atoms with Gasteiger partial charge in [0, 0.05) is 13.0 Å². The molecule has 0 spiro atoms. The molecule has 1 fully saturated rings. The van der Waals surface area contributed by atoms with E-state index in [9.17, 15) is 13.6 Å². The Balaban J connectivity index is 2.80. The highest BCUT2D eigenvalue weighted by Gasteiger charge is 2.49.